The van der Waals surface area contributed by atoms with Crippen molar-refractivity contribution in [3.8, 4) is 5.75 Å². The van der Waals surface area contributed by atoms with Gasteiger partial charge in [0.15, 0.2) is 0 Å². The van der Waals surface area contributed by atoms with Gasteiger partial charge in [-0.1, -0.05) is 30.3 Å². The Hall–Kier alpha value is -3.39. The molecule has 4 aliphatic heterocycles. The van der Waals surface area contributed by atoms with Gasteiger partial charge in [0, 0.05) is 43.5 Å². The standard InChI is InChI=1S/C29H34N4O4/c1-37-22-11-9-20(10-12-22)18-26(34)31-14-5-13-30-27(35)24-19-21-6-4-15-33(21)29(24)23-7-2-3-8-25(23)32(17-16-31)28(29)36/h2-3,7-12,21,24H,4-6,13-19H2,1H3,(H,30,35)/t21-,24+,29+/m0/s1. The molecule has 194 valence electrons. The van der Waals surface area contributed by atoms with Crippen molar-refractivity contribution >= 4 is 23.4 Å². The molecule has 3 fully saturated rings. The molecule has 8 heteroatoms. The lowest BCUT2D eigenvalue weighted by Gasteiger charge is -2.38. The summed E-state index contributed by atoms with van der Waals surface area (Å²) in [6.07, 6.45) is 3.74. The average molecular weight is 503 g/mol. The van der Waals surface area contributed by atoms with Gasteiger partial charge in [0.25, 0.3) is 5.91 Å². The zero-order chi connectivity index (χ0) is 25.6. The van der Waals surface area contributed by atoms with Crippen LogP contribution in [-0.4, -0.2) is 73.4 Å². The van der Waals surface area contributed by atoms with Gasteiger partial charge >= 0.3 is 0 Å². The van der Waals surface area contributed by atoms with Gasteiger partial charge in [0.05, 0.1) is 19.4 Å². The maximum absolute atomic E-state index is 14.4. The maximum atomic E-state index is 14.4. The quantitative estimate of drug-likeness (QED) is 0.697. The van der Waals surface area contributed by atoms with E-state index in [-0.39, 0.29) is 30.2 Å². The van der Waals surface area contributed by atoms with E-state index in [9.17, 15) is 14.4 Å². The number of carbonyl (C=O) groups excluding carboxylic acids is 3. The molecule has 0 radical (unpaired) electrons. The number of anilines is 1. The summed E-state index contributed by atoms with van der Waals surface area (Å²) < 4.78 is 5.23. The third kappa shape index (κ3) is 3.81. The molecule has 2 aromatic carbocycles. The topological polar surface area (TPSA) is 82.2 Å². The third-order valence-electron chi connectivity index (χ3n) is 8.70. The summed E-state index contributed by atoms with van der Waals surface area (Å²) in [7, 11) is 1.62. The Kier molecular flexibility index (Phi) is 6.15. The van der Waals surface area contributed by atoms with Gasteiger partial charge in [-0.2, -0.15) is 0 Å². The Morgan fingerprint density at radius 3 is 2.65 bits per heavy atom. The number of ether oxygens (including phenoxy) is 1. The van der Waals surface area contributed by atoms with Gasteiger partial charge < -0.3 is 19.9 Å². The summed E-state index contributed by atoms with van der Waals surface area (Å²) in [5, 5.41) is 3.12. The molecular weight excluding hydrogens is 468 g/mol. The second kappa shape index (κ2) is 9.49. The first-order valence-corrected chi connectivity index (χ1v) is 13.4. The highest BCUT2D eigenvalue weighted by molar-refractivity contribution is 6.11. The molecular formula is C29H34N4O4. The molecule has 4 aliphatic rings. The molecule has 1 spiro atoms. The summed E-state index contributed by atoms with van der Waals surface area (Å²) >= 11 is 0. The minimum Gasteiger partial charge on any atom is -0.497 e. The van der Waals surface area contributed by atoms with Crippen LogP contribution in [-0.2, 0) is 26.3 Å². The fourth-order valence-electron chi connectivity index (χ4n) is 7.00. The largest absolute Gasteiger partial charge is 0.497 e. The van der Waals surface area contributed by atoms with Crippen LogP contribution in [0.25, 0.3) is 0 Å². The smallest absolute Gasteiger partial charge is 0.253 e. The number of para-hydroxylation sites is 1. The second-order valence-electron chi connectivity index (χ2n) is 10.6. The molecule has 4 heterocycles. The molecule has 37 heavy (non-hydrogen) atoms. The van der Waals surface area contributed by atoms with E-state index in [4.69, 9.17) is 4.74 Å². The number of hydrogen-bond acceptors (Lipinski definition) is 5. The van der Waals surface area contributed by atoms with Crippen molar-refractivity contribution in [2.24, 2.45) is 5.92 Å². The van der Waals surface area contributed by atoms with Crippen molar-refractivity contribution in [3.05, 3.63) is 59.7 Å². The Bertz CT molecular complexity index is 1210. The van der Waals surface area contributed by atoms with Gasteiger partial charge in [-0.15, -0.1) is 0 Å². The molecule has 6 rings (SSSR count). The molecule has 3 amide bonds. The van der Waals surface area contributed by atoms with E-state index < -0.39 is 11.5 Å². The molecule has 0 aliphatic carbocycles. The highest BCUT2D eigenvalue weighted by atomic mass is 16.5. The molecule has 1 N–H and O–H groups in total. The molecule has 2 aromatic rings. The summed E-state index contributed by atoms with van der Waals surface area (Å²) in [6.45, 7) is 2.71. The van der Waals surface area contributed by atoms with Crippen molar-refractivity contribution < 1.29 is 19.1 Å². The van der Waals surface area contributed by atoms with Crippen LogP contribution in [0.3, 0.4) is 0 Å². The fourth-order valence-corrected chi connectivity index (χ4v) is 7.00. The zero-order valence-corrected chi connectivity index (χ0v) is 21.3. The molecule has 0 saturated carbocycles. The van der Waals surface area contributed by atoms with Crippen LogP contribution in [0.5, 0.6) is 5.75 Å². The second-order valence-corrected chi connectivity index (χ2v) is 10.6. The number of methoxy groups -OCH3 is 1. The number of benzene rings is 2. The lowest BCUT2D eigenvalue weighted by Crippen LogP contribution is -2.57. The molecule has 8 nitrogen and oxygen atoms in total. The first-order chi connectivity index (χ1) is 18.0. The van der Waals surface area contributed by atoms with Crippen molar-refractivity contribution in [2.75, 3.05) is 44.7 Å². The number of nitrogens with zero attached hydrogens (tertiary/aromatic N) is 3. The van der Waals surface area contributed by atoms with Crippen LogP contribution >= 0.6 is 0 Å². The lowest BCUT2D eigenvalue weighted by molar-refractivity contribution is -0.139. The van der Waals surface area contributed by atoms with E-state index in [0.717, 1.165) is 42.0 Å². The number of amides is 3. The zero-order valence-electron chi connectivity index (χ0n) is 21.3. The molecule has 3 atom stereocenters. The minimum absolute atomic E-state index is 0.0126. The lowest BCUT2D eigenvalue weighted by atomic mass is 9.78. The number of carbonyl (C=O) groups is 3. The van der Waals surface area contributed by atoms with Crippen molar-refractivity contribution in [1.29, 1.82) is 0 Å². The average Bonchev–Trinajstić information content (AvgIpc) is 3.57. The van der Waals surface area contributed by atoms with Gasteiger partial charge in [-0.3, -0.25) is 19.3 Å². The van der Waals surface area contributed by atoms with Gasteiger partial charge in [0.2, 0.25) is 11.8 Å². The third-order valence-corrected chi connectivity index (χ3v) is 8.70. The number of hydrogen-bond donors (Lipinski definition) is 1. The predicted octanol–water partition coefficient (Wildman–Crippen LogP) is 2.31. The van der Waals surface area contributed by atoms with E-state index >= 15 is 0 Å². The van der Waals surface area contributed by atoms with Crippen molar-refractivity contribution in [2.45, 2.75) is 43.7 Å². The summed E-state index contributed by atoms with van der Waals surface area (Å²) in [5.74, 6) is 0.312. The van der Waals surface area contributed by atoms with Crippen molar-refractivity contribution in [3.63, 3.8) is 0 Å². The minimum atomic E-state index is -0.945. The van der Waals surface area contributed by atoms with E-state index in [1.165, 1.54) is 0 Å². The Labute approximate surface area is 217 Å². The predicted molar refractivity (Wildman–Crippen MR) is 139 cm³/mol. The summed E-state index contributed by atoms with van der Waals surface area (Å²) in [4.78, 5) is 47.3. The molecule has 2 bridgehead atoms. The van der Waals surface area contributed by atoms with Crippen molar-refractivity contribution in [1.82, 2.24) is 15.1 Å². The van der Waals surface area contributed by atoms with Gasteiger partial charge in [-0.25, -0.2) is 0 Å². The SMILES string of the molecule is COc1ccc(CC(=O)N2CCCNC(=O)[C@H]3C[C@@H]4CCCN4[C@@]34C(=O)N(CC2)c2ccccc24)cc1. The Morgan fingerprint density at radius 2 is 1.84 bits per heavy atom. The Morgan fingerprint density at radius 1 is 1.03 bits per heavy atom. The first kappa shape index (κ1) is 24.0. The Balaban J connectivity index is 1.31. The summed E-state index contributed by atoms with van der Waals surface area (Å²) in [6, 6.07) is 15.7. The van der Waals surface area contributed by atoms with Crippen LogP contribution in [0.1, 0.15) is 36.8 Å². The number of nitrogens with one attached hydrogen (secondary N) is 1. The van der Waals surface area contributed by atoms with Crippen LogP contribution < -0.4 is 15.0 Å². The highest BCUT2D eigenvalue weighted by Gasteiger charge is 2.67. The van der Waals surface area contributed by atoms with Crippen LogP contribution in [0, 0.1) is 5.92 Å². The maximum Gasteiger partial charge on any atom is 0.253 e. The molecule has 3 saturated heterocycles. The first-order valence-electron chi connectivity index (χ1n) is 13.4. The van der Waals surface area contributed by atoms with Gasteiger partial charge in [-0.05, 0) is 56.0 Å². The normalized spacial score (nSPS) is 27.6. The highest BCUT2D eigenvalue weighted by Crippen LogP contribution is 2.57. The van der Waals surface area contributed by atoms with E-state index in [1.54, 1.807) is 7.11 Å². The van der Waals surface area contributed by atoms with Crippen LogP contribution in [0.15, 0.2) is 48.5 Å². The number of fused-ring (bicyclic) bond motifs is 4. The monoisotopic (exact) mass is 502 g/mol. The molecule has 0 unspecified atom stereocenters. The van der Waals surface area contributed by atoms with E-state index in [1.807, 2.05) is 58.3 Å². The summed E-state index contributed by atoms with van der Waals surface area (Å²) in [5.41, 5.74) is 1.79. The van der Waals surface area contributed by atoms with E-state index in [0.29, 0.717) is 39.0 Å². The van der Waals surface area contributed by atoms with E-state index in [2.05, 4.69) is 10.2 Å². The number of rotatable bonds is 3. The van der Waals surface area contributed by atoms with Gasteiger partial charge in [0.1, 0.15) is 11.3 Å². The van der Waals surface area contributed by atoms with Crippen LogP contribution in [0.2, 0.25) is 0 Å². The van der Waals surface area contributed by atoms with Crippen LogP contribution in [0.4, 0.5) is 5.69 Å². The molecule has 0 aromatic heterocycles. The fraction of sp³-hybridized carbons (Fsp3) is 0.483.